The number of nitrogens with one attached hydrogen (secondary N) is 2. The van der Waals surface area contributed by atoms with Gasteiger partial charge in [0.25, 0.3) is 0 Å². The van der Waals surface area contributed by atoms with Gasteiger partial charge in [-0.3, -0.25) is 9.80 Å². The lowest BCUT2D eigenvalue weighted by Crippen LogP contribution is -3.04. The Morgan fingerprint density at radius 2 is 0.614 bits per heavy atom. The fourth-order valence-corrected chi connectivity index (χ4v) is 6.14. The van der Waals surface area contributed by atoms with Crippen molar-refractivity contribution in [3.8, 4) is 23.0 Å². The van der Waals surface area contributed by atoms with Crippen molar-refractivity contribution >= 4 is 22.7 Å². The lowest BCUT2D eigenvalue weighted by atomic mass is 9.86. The van der Waals surface area contributed by atoms with E-state index in [0.717, 1.165) is 45.7 Å². The largest absolute Gasteiger partial charge is 0.497 e. The molecular weight excluding hydrogens is 548 g/mol. The van der Waals surface area contributed by atoms with Crippen molar-refractivity contribution in [1.29, 1.82) is 0 Å². The van der Waals surface area contributed by atoms with Crippen molar-refractivity contribution < 1.29 is 28.7 Å². The summed E-state index contributed by atoms with van der Waals surface area (Å²) >= 11 is 0. The molecule has 0 saturated carbocycles. The van der Waals surface area contributed by atoms with Gasteiger partial charge in [0.1, 0.15) is 57.8 Å². The van der Waals surface area contributed by atoms with Crippen molar-refractivity contribution in [3.05, 3.63) is 145 Å². The summed E-state index contributed by atoms with van der Waals surface area (Å²) in [6.45, 7) is 0. The molecule has 0 saturated heterocycles. The first-order valence-electron chi connectivity index (χ1n) is 14.7. The quantitative estimate of drug-likeness (QED) is 0.184. The second-order valence-electron chi connectivity index (χ2n) is 10.7. The van der Waals surface area contributed by atoms with Gasteiger partial charge in [-0.2, -0.15) is 0 Å². The van der Waals surface area contributed by atoms with Crippen molar-refractivity contribution in [2.45, 2.75) is 12.1 Å². The molecule has 2 unspecified atom stereocenters. The highest BCUT2D eigenvalue weighted by atomic mass is 16.5. The summed E-state index contributed by atoms with van der Waals surface area (Å²) < 4.78 is 21.9. The average molecular weight is 587 g/mol. The van der Waals surface area contributed by atoms with Crippen LogP contribution >= 0.6 is 0 Å². The van der Waals surface area contributed by atoms with Crippen molar-refractivity contribution in [2.75, 3.05) is 28.4 Å². The number of hydrogen-bond acceptors (Lipinski definition) is 4. The van der Waals surface area contributed by atoms with Crippen LogP contribution in [0.1, 0.15) is 23.2 Å². The highest BCUT2D eigenvalue weighted by Crippen LogP contribution is 2.33. The summed E-state index contributed by atoms with van der Waals surface area (Å²) in [5, 5.41) is 0. The van der Waals surface area contributed by atoms with E-state index in [4.69, 9.17) is 18.9 Å². The fourth-order valence-electron chi connectivity index (χ4n) is 6.14. The van der Waals surface area contributed by atoms with Gasteiger partial charge in [0.05, 0.1) is 28.4 Å². The minimum absolute atomic E-state index is 0.0391. The molecule has 0 radical (unpaired) electrons. The van der Waals surface area contributed by atoms with Crippen LogP contribution in [0.3, 0.4) is 0 Å². The van der Waals surface area contributed by atoms with E-state index in [-0.39, 0.29) is 12.1 Å². The first-order valence-corrected chi connectivity index (χ1v) is 14.7. The second kappa shape index (κ2) is 13.1. The van der Waals surface area contributed by atoms with Crippen LogP contribution in [0.15, 0.2) is 133 Å². The maximum Gasteiger partial charge on any atom is 0.142 e. The fraction of sp³-hybridized carbons (Fsp3) is 0.158. The summed E-state index contributed by atoms with van der Waals surface area (Å²) in [6.07, 6.45) is 4.73. The third-order valence-corrected chi connectivity index (χ3v) is 8.39. The van der Waals surface area contributed by atoms with E-state index < -0.39 is 0 Å². The minimum Gasteiger partial charge on any atom is -0.497 e. The number of ether oxygens (including phenoxy) is 4. The standard InChI is InChI=1S/C38H36N2O4/c1-41-31-17-9-27(10-18-31)39(28-11-19-32(42-2)20-12-28)37-25-26-38(36-8-6-5-7-35(36)37)40(29-13-21-33(43-3)22-14-29)30-15-23-34(44-4)24-16-30/h5-26,37-38H,1-4H3/p+2. The molecule has 6 heteroatoms. The zero-order valence-electron chi connectivity index (χ0n) is 25.5. The van der Waals surface area contributed by atoms with Crippen molar-refractivity contribution in [1.82, 2.24) is 0 Å². The Balaban J connectivity index is 1.47. The van der Waals surface area contributed by atoms with Gasteiger partial charge in [0.15, 0.2) is 0 Å². The zero-order valence-corrected chi connectivity index (χ0v) is 25.5. The van der Waals surface area contributed by atoms with Gasteiger partial charge in [0.2, 0.25) is 0 Å². The third-order valence-electron chi connectivity index (χ3n) is 8.39. The molecule has 0 bridgehead atoms. The number of rotatable bonds is 10. The molecule has 6 nitrogen and oxygen atoms in total. The summed E-state index contributed by atoms with van der Waals surface area (Å²) in [7, 11) is 6.79. The smallest absolute Gasteiger partial charge is 0.142 e. The molecule has 222 valence electrons. The Labute approximate surface area is 259 Å². The van der Waals surface area contributed by atoms with Gasteiger partial charge in [-0.15, -0.1) is 0 Å². The SMILES string of the molecule is COc1ccc([NH+](c2ccc(OC)cc2)C2C=CC([NH+](c3ccc(OC)cc3)c3ccc(OC)cc3)c3ccccc32)cc1. The Bertz CT molecular complexity index is 1480. The van der Waals surface area contributed by atoms with E-state index in [2.05, 4.69) is 84.9 Å². The minimum atomic E-state index is 0.0391. The normalized spacial score (nSPS) is 15.6. The van der Waals surface area contributed by atoms with Crippen LogP contribution in [0.5, 0.6) is 23.0 Å². The van der Waals surface area contributed by atoms with E-state index in [1.165, 1.54) is 20.9 Å². The molecule has 6 rings (SSSR count). The van der Waals surface area contributed by atoms with Crippen LogP contribution in [-0.4, -0.2) is 28.4 Å². The number of methoxy groups -OCH3 is 4. The zero-order chi connectivity index (χ0) is 30.5. The average Bonchev–Trinajstić information content (AvgIpc) is 3.10. The van der Waals surface area contributed by atoms with Gasteiger partial charge in [-0.1, -0.05) is 24.3 Å². The summed E-state index contributed by atoms with van der Waals surface area (Å²) in [5.74, 6) is 3.34. The van der Waals surface area contributed by atoms with Crippen LogP contribution in [0.4, 0.5) is 22.7 Å². The van der Waals surface area contributed by atoms with E-state index in [1.54, 1.807) is 28.4 Å². The van der Waals surface area contributed by atoms with Crippen LogP contribution in [0, 0.1) is 0 Å². The first kappa shape index (κ1) is 29.1. The van der Waals surface area contributed by atoms with Gasteiger partial charge >= 0.3 is 0 Å². The molecular formula is C38H38N2O4+2. The maximum absolute atomic E-state index is 5.48. The monoisotopic (exact) mass is 586 g/mol. The summed E-state index contributed by atoms with van der Waals surface area (Å²) in [5.41, 5.74) is 7.14. The molecule has 2 atom stereocenters. The van der Waals surface area contributed by atoms with Crippen molar-refractivity contribution in [2.24, 2.45) is 0 Å². The van der Waals surface area contributed by atoms with Gasteiger partial charge in [-0.25, -0.2) is 0 Å². The number of quaternary nitrogens is 2. The number of hydrogen-bond donors (Lipinski definition) is 2. The number of fused-ring (bicyclic) bond motifs is 1. The van der Waals surface area contributed by atoms with Crippen LogP contribution in [-0.2, 0) is 0 Å². The Morgan fingerprint density at radius 1 is 0.364 bits per heavy atom. The van der Waals surface area contributed by atoms with E-state index in [1.807, 2.05) is 48.5 Å². The number of benzene rings is 5. The maximum atomic E-state index is 5.48. The topological polar surface area (TPSA) is 45.8 Å². The lowest BCUT2D eigenvalue weighted by molar-refractivity contribution is -0.798. The Kier molecular flexibility index (Phi) is 8.64. The van der Waals surface area contributed by atoms with Gasteiger partial charge < -0.3 is 18.9 Å². The van der Waals surface area contributed by atoms with Gasteiger partial charge in [-0.05, 0) is 60.7 Å². The molecule has 0 heterocycles. The van der Waals surface area contributed by atoms with E-state index in [0.29, 0.717) is 0 Å². The van der Waals surface area contributed by atoms with E-state index >= 15 is 0 Å². The predicted molar refractivity (Wildman–Crippen MR) is 174 cm³/mol. The lowest BCUT2D eigenvalue weighted by Gasteiger charge is -2.34. The first-order chi connectivity index (χ1) is 21.6. The molecule has 44 heavy (non-hydrogen) atoms. The Morgan fingerprint density at radius 3 is 0.841 bits per heavy atom. The van der Waals surface area contributed by atoms with Crippen LogP contribution in [0.2, 0.25) is 0 Å². The van der Waals surface area contributed by atoms with E-state index in [9.17, 15) is 0 Å². The molecule has 0 aromatic heterocycles. The molecule has 1 aliphatic rings. The highest BCUT2D eigenvalue weighted by Gasteiger charge is 2.37. The third kappa shape index (κ3) is 5.78. The molecule has 2 N–H and O–H groups in total. The Hall–Kier alpha value is -5.04. The second-order valence-corrected chi connectivity index (χ2v) is 10.7. The predicted octanol–water partition coefficient (Wildman–Crippen LogP) is 6.47. The highest BCUT2D eigenvalue weighted by molar-refractivity contribution is 5.49. The molecule has 0 fully saturated rings. The molecule has 0 amide bonds. The van der Waals surface area contributed by atoms with Gasteiger partial charge in [0, 0.05) is 59.7 Å². The molecule has 5 aromatic rings. The summed E-state index contributed by atoms with van der Waals surface area (Å²) in [4.78, 5) is 2.46. The molecule has 5 aromatic carbocycles. The molecule has 1 aliphatic carbocycles. The van der Waals surface area contributed by atoms with Crippen LogP contribution < -0.4 is 28.7 Å². The molecule has 0 aliphatic heterocycles. The van der Waals surface area contributed by atoms with Crippen LogP contribution in [0.25, 0.3) is 0 Å². The molecule has 0 spiro atoms. The summed E-state index contributed by atoms with van der Waals surface area (Å²) in [6, 6.07) is 42.3. The van der Waals surface area contributed by atoms with Crippen molar-refractivity contribution in [3.63, 3.8) is 0 Å².